The lowest BCUT2D eigenvalue weighted by Crippen LogP contribution is -2.30. The predicted octanol–water partition coefficient (Wildman–Crippen LogP) is 2.71. The van der Waals surface area contributed by atoms with Gasteiger partial charge in [0.1, 0.15) is 0 Å². The molecule has 2 rings (SSSR count). The van der Waals surface area contributed by atoms with Gasteiger partial charge in [0.2, 0.25) is 5.91 Å². The molecule has 1 aromatic carbocycles. The fourth-order valence-electron chi connectivity index (χ4n) is 2.25. The number of rotatable bonds is 6. The van der Waals surface area contributed by atoms with Crippen molar-refractivity contribution < 1.29 is 4.79 Å². The Labute approximate surface area is 109 Å². The lowest BCUT2D eigenvalue weighted by atomic mass is 10.2. The van der Waals surface area contributed by atoms with E-state index in [1.54, 1.807) is 0 Å². The minimum atomic E-state index is 0.0426. The maximum atomic E-state index is 11.7. The van der Waals surface area contributed by atoms with Gasteiger partial charge in [-0.2, -0.15) is 0 Å². The molecule has 3 heteroatoms. The Morgan fingerprint density at radius 3 is 2.72 bits per heavy atom. The van der Waals surface area contributed by atoms with Crippen molar-refractivity contribution in [2.75, 3.05) is 11.9 Å². The predicted molar refractivity (Wildman–Crippen MR) is 74.6 cm³/mol. The first kappa shape index (κ1) is 13.1. The largest absolute Gasteiger partial charge is 0.325 e. The second-order valence-corrected chi connectivity index (χ2v) is 5.19. The van der Waals surface area contributed by atoms with Crippen LogP contribution in [0.3, 0.4) is 0 Å². The first-order valence-corrected chi connectivity index (χ1v) is 6.79. The van der Waals surface area contributed by atoms with Crippen LogP contribution >= 0.6 is 0 Å². The van der Waals surface area contributed by atoms with Gasteiger partial charge in [0.15, 0.2) is 0 Å². The third-order valence-corrected chi connectivity index (χ3v) is 3.44. The van der Waals surface area contributed by atoms with Gasteiger partial charge in [0, 0.05) is 11.7 Å². The zero-order chi connectivity index (χ0) is 13.0. The van der Waals surface area contributed by atoms with E-state index >= 15 is 0 Å². The molecule has 1 aliphatic carbocycles. The lowest BCUT2D eigenvalue weighted by molar-refractivity contribution is -0.115. The van der Waals surface area contributed by atoms with Gasteiger partial charge in [-0.05, 0) is 37.8 Å². The van der Waals surface area contributed by atoms with Gasteiger partial charge in [-0.1, -0.05) is 31.0 Å². The van der Waals surface area contributed by atoms with Crippen LogP contribution in [-0.2, 0) is 4.79 Å². The Hall–Kier alpha value is -1.35. The average molecular weight is 246 g/mol. The Morgan fingerprint density at radius 1 is 1.33 bits per heavy atom. The van der Waals surface area contributed by atoms with E-state index in [-0.39, 0.29) is 5.91 Å². The molecule has 1 aliphatic rings. The fraction of sp³-hybridized carbons (Fsp3) is 0.533. The monoisotopic (exact) mass is 246 g/mol. The molecule has 2 N–H and O–H groups in total. The van der Waals surface area contributed by atoms with Crippen molar-refractivity contribution in [2.45, 2.75) is 39.2 Å². The summed E-state index contributed by atoms with van der Waals surface area (Å²) in [5, 5.41) is 6.21. The van der Waals surface area contributed by atoms with Crippen molar-refractivity contribution >= 4 is 11.6 Å². The van der Waals surface area contributed by atoms with Gasteiger partial charge in [-0.3, -0.25) is 4.79 Å². The summed E-state index contributed by atoms with van der Waals surface area (Å²) in [6.07, 6.45) is 3.74. The van der Waals surface area contributed by atoms with Gasteiger partial charge in [-0.25, -0.2) is 0 Å². The molecule has 3 nitrogen and oxygen atoms in total. The highest BCUT2D eigenvalue weighted by Gasteiger charge is 2.35. The SMILES string of the molecule is CCCC1CC1NCC(=O)Nc1ccc(C)cc1. The van der Waals surface area contributed by atoms with Crippen LogP contribution in [-0.4, -0.2) is 18.5 Å². The van der Waals surface area contributed by atoms with Gasteiger partial charge in [0.25, 0.3) is 0 Å². The summed E-state index contributed by atoms with van der Waals surface area (Å²) in [6.45, 7) is 4.66. The molecule has 0 saturated heterocycles. The molecule has 0 aromatic heterocycles. The second-order valence-electron chi connectivity index (χ2n) is 5.19. The Bertz CT molecular complexity index is 399. The summed E-state index contributed by atoms with van der Waals surface area (Å²) in [6, 6.07) is 8.44. The lowest BCUT2D eigenvalue weighted by Gasteiger charge is -2.06. The second kappa shape index (κ2) is 6.01. The van der Waals surface area contributed by atoms with Crippen LogP contribution in [0.5, 0.6) is 0 Å². The molecule has 1 aromatic rings. The van der Waals surface area contributed by atoms with E-state index < -0.39 is 0 Å². The van der Waals surface area contributed by atoms with Gasteiger partial charge < -0.3 is 10.6 Å². The highest BCUT2D eigenvalue weighted by atomic mass is 16.1. The third kappa shape index (κ3) is 3.84. The number of hydrogen-bond acceptors (Lipinski definition) is 2. The van der Waals surface area contributed by atoms with Crippen LogP contribution < -0.4 is 10.6 Å². The summed E-state index contributed by atoms with van der Waals surface area (Å²) in [5.74, 6) is 0.836. The minimum absolute atomic E-state index is 0.0426. The Balaban J connectivity index is 1.68. The maximum absolute atomic E-state index is 11.7. The molecular formula is C15H22N2O. The summed E-state index contributed by atoms with van der Waals surface area (Å²) in [7, 11) is 0. The Kier molecular flexibility index (Phi) is 4.37. The highest BCUT2D eigenvalue weighted by molar-refractivity contribution is 5.92. The molecule has 0 spiro atoms. The number of aryl methyl sites for hydroxylation is 1. The van der Waals surface area contributed by atoms with E-state index in [1.165, 1.54) is 24.8 Å². The molecule has 2 atom stereocenters. The summed E-state index contributed by atoms with van der Waals surface area (Å²) >= 11 is 0. The molecule has 1 fully saturated rings. The fourth-order valence-corrected chi connectivity index (χ4v) is 2.25. The molecule has 0 heterocycles. The number of nitrogens with one attached hydrogen (secondary N) is 2. The van der Waals surface area contributed by atoms with E-state index in [1.807, 2.05) is 31.2 Å². The van der Waals surface area contributed by atoms with Gasteiger partial charge >= 0.3 is 0 Å². The van der Waals surface area contributed by atoms with Crippen molar-refractivity contribution in [1.82, 2.24) is 5.32 Å². The first-order chi connectivity index (χ1) is 8.69. The molecule has 0 bridgehead atoms. The van der Waals surface area contributed by atoms with Gasteiger partial charge in [0.05, 0.1) is 6.54 Å². The van der Waals surface area contributed by atoms with Crippen molar-refractivity contribution in [1.29, 1.82) is 0 Å². The highest BCUT2D eigenvalue weighted by Crippen LogP contribution is 2.34. The van der Waals surface area contributed by atoms with Gasteiger partial charge in [-0.15, -0.1) is 0 Å². The number of hydrogen-bond donors (Lipinski definition) is 2. The summed E-state index contributed by atoms with van der Waals surface area (Å²) < 4.78 is 0. The van der Waals surface area contributed by atoms with E-state index in [2.05, 4.69) is 17.6 Å². The molecular weight excluding hydrogens is 224 g/mol. The van der Waals surface area contributed by atoms with Crippen molar-refractivity contribution in [3.63, 3.8) is 0 Å². The van der Waals surface area contributed by atoms with E-state index in [9.17, 15) is 4.79 Å². The Morgan fingerprint density at radius 2 is 2.06 bits per heavy atom. The molecule has 18 heavy (non-hydrogen) atoms. The van der Waals surface area contributed by atoms with Crippen LogP contribution in [0.15, 0.2) is 24.3 Å². The smallest absolute Gasteiger partial charge is 0.238 e. The number of amides is 1. The minimum Gasteiger partial charge on any atom is -0.325 e. The zero-order valence-corrected chi connectivity index (χ0v) is 11.2. The molecule has 0 aliphatic heterocycles. The van der Waals surface area contributed by atoms with Crippen LogP contribution in [0.2, 0.25) is 0 Å². The van der Waals surface area contributed by atoms with Crippen molar-refractivity contribution in [3.8, 4) is 0 Å². The number of anilines is 1. The molecule has 98 valence electrons. The van der Waals surface area contributed by atoms with Crippen molar-refractivity contribution in [2.24, 2.45) is 5.92 Å². The van der Waals surface area contributed by atoms with Crippen LogP contribution in [0.4, 0.5) is 5.69 Å². The number of benzene rings is 1. The summed E-state index contributed by atoms with van der Waals surface area (Å²) in [4.78, 5) is 11.7. The average Bonchev–Trinajstić information content (AvgIpc) is 3.09. The topological polar surface area (TPSA) is 41.1 Å². The number of carbonyl (C=O) groups excluding carboxylic acids is 1. The third-order valence-electron chi connectivity index (χ3n) is 3.44. The molecule has 2 unspecified atom stereocenters. The molecule has 0 radical (unpaired) electrons. The first-order valence-electron chi connectivity index (χ1n) is 6.79. The van der Waals surface area contributed by atoms with Crippen LogP contribution in [0.25, 0.3) is 0 Å². The standard InChI is InChI=1S/C15H22N2O/c1-3-4-12-9-14(12)16-10-15(18)17-13-7-5-11(2)6-8-13/h5-8,12,14,16H,3-4,9-10H2,1-2H3,(H,17,18). The van der Waals surface area contributed by atoms with Crippen LogP contribution in [0.1, 0.15) is 31.7 Å². The summed E-state index contributed by atoms with van der Waals surface area (Å²) in [5.41, 5.74) is 2.07. The molecule has 1 saturated carbocycles. The normalized spacial score (nSPS) is 21.7. The van der Waals surface area contributed by atoms with E-state index in [0.29, 0.717) is 12.6 Å². The maximum Gasteiger partial charge on any atom is 0.238 e. The number of carbonyl (C=O) groups is 1. The van der Waals surface area contributed by atoms with E-state index in [4.69, 9.17) is 0 Å². The quantitative estimate of drug-likeness (QED) is 0.810. The van der Waals surface area contributed by atoms with E-state index in [0.717, 1.165) is 11.6 Å². The zero-order valence-electron chi connectivity index (χ0n) is 11.2. The van der Waals surface area contributed by atoms with Crippen LogP contribution in [0, 0.1) is 12.8 Å². The molecule has 1 amide bonds. The van der Waals surface area contributed by atoms with Crippen molar-refractivity contribution in [3.05, 3.63) is 29.8 Å².